The summed E-state index contributed by atoms with van der Waals surface area (Å²) in [6.45, 7) is 8.93. The summed E-state index contributed by atoms with van der Waals surface area (Å²) in [5, 5.41) is 5.76. The number of rotatable bonds is 7. The fraction of sp³-hybridized carbons (Fsp3) is 0.391. The third-order valence-electron chi connectivity index (χ3n) is 5.23. The molecule has 0 aliphatic rings. The zero-order valence-corrected chi connectivity index (χ0v) is 17.7. The molecule has 2 aromatic carbocycles. The third kappa shape index (κ3) is 5.20. The van der Waals surface area contributed by atoms with Crippen molar-refractivity contribution in [2.24, 2.45) is 0 Å². The average molecular weight is 383 g/mol. The van der Waals surface area contributed by atoms with Gasteiger partial charge in [0.25, 0.3) is 11.8 Å². The van der Waals surface area contributed by atoms with E-state index in [4.69, 9.17) is 0 Å². The molecule has 28 heavy (non-hydrogen) atoms. The molecule has 5 heteroatoms. The molecule has 0 saturated heterocycles. The Morgan fingerprint density at radius 3 is 2.25 bits per heavy atom. The first-order valence-corrected chi connectivity index (χ1v) is 9.78. The van der Waals surface area contributed by atoms with Gasteiger partial charge in [-0.25, -0.2) is 0 Å². The first-order chi connectivity index (χ1) is 13.2. The molecule has 1 unspecified atom stereocenters. The number of carbonyl (C=O) groups is 2. The van der Waals surface area contributed by atoms with Crippen LogP contribution in [0.1, 0.15) is 53.7 Å². The van der Waals surface area contributed by atoms with Crippen LogP contribution in [0.15, 0.2) is 42.5 Å². The lowest BCUT2D eigenvalue weighted by Crippen LogP contribution is -3.12. The highest BCUT2D eigenvalue weighted by Gasteiger charge is 2.23. The summed E-state index contributed by atoms with van der Waals surface area (Å²) in [4.78, 5) is 25.6. The van der Waals surface area contributed by atoms with Crippen LogP contribution < -0.4 is 15.5 Å². The minimum atomic E-state index is -0.210. The number of anilines is 1. The van der Waals surface area contributed by atoms with Gasteiger partial charge in [-0.3, -0.25) is 9.59 Å². The summed E-state index contributed by atoms with van der Waals surface area (Å²) in [7, 11) is 3.63. The van der Waals surface area contributed by atoms with Gasteiger partial charge in [0.1, 0.15) is 6.54 Å². The largest absolute Gasteiger partial charge is 0.355 e. The summed E-state index contributed by atoms with van der Waals surface area (Å²) in [5.74, 6) is 0.254. The molecule has 0 aromatic heterocycles. The van der Waals surface area contributed by atoms with Crippen molar-refractivity contribution in [3.63, 3.8) is 0 Å². The van der Waals surface area contributed by atoms with Gasteiger partial charge in [0.05, 0.1) is 7.05 Å². The lowest BCUT2D eigenvalue weighted by Gasteiger charge is -2.23. The van der Waals surface area contributed by atoms with E-state index in [9.17, 15) is 9.59 Å². The molecule has 2 atom stereocenters. The Morgan fingerprint density at radius 1 is 1.04 bits per heavy atom. The first kappa shape index (κ1) is 21.6. The van der Waals surface area contributed by atoms with Crippen molar-refractivity contribution >= 4 is 17.5 Å². The van der Waals surface area contributed by atoms with Crippen molar-refractivity contribution < 1.29 is 14.5 Å². The van der Waals surface area contributed by atoms with E-state index in [1.165, 1.54) is 0 Å². The van der Waals surface area contributed by atoms with Crippen molar-refractivity contribution in [3.05, 3.63) is 64.7 Å². The molecule has 0 spiro atoms. The molecule has 150 valence electrons. The van der Waals surface area contributed by atoms with Gasteiger partial charge in [0.2, 0.25) is 0 Å². The maximum Gasteiger partial charge on any atom is 0.282 e. The highest BCUT2D eigenvalue weighted by molar-refractivity contribution is 5.95. The lowest BCUT2D eigenvalue weighted by molar-refractivity contribution is -0.907. The van der Waals surface area contributed by atoms with Crippen molar-refractivity contribution in [2.45, 2.75) is 46.2 Å². The van der Waals surface area contributed by atoms with Crippen molar-refractivity contribution in [1.82, 2.24) is 5.32 Å². The fourth-order valence-electron chi connectivity index (χ4n) is 3.19. The maximum absolute atomic E-state index is 12.9. The molecular weight excluding hydrogens is 350 g/mol. The van der Waals surface area contributed by atoms with Gasteiger partial charge >= 0.3 is 0 Å². The average Bonchev–Trinajstić information content (AvgIpc) is 2.68. The first-order valence-electron chi connectivity index (χ1n) is 9.78. The Labute approximate surface area is 168 Å². The highest BCUT2D eigenvalue weighted by atomic mass is 16.2. The Morgan fingerprint density at radius 2 is 1.68 bits per heavy atom. The van der Waals surface area contributed by atoms with E-state index in [1.807, 2.05) is 57.3 Å². The number of aryl methyl sites for hydroxylation is 1. The molecule has 3 N–H and O–H groups in total. The normalized spacial score (nSPS) is 13.1. The summed E-state index contributed by atoms with van der Waals surface area (Å²) < 4.78 is 0. The predicted molar refractivity (Wildman–Crippen MR) is 114 cm³/mol. The van der Waals surface area contributed by atoms with E-state index in [0.29, 0.717) is 18.0 Å². The SMILES string of the molecule is CNC(=O)c1ccc(C[NH+](C)[C@H](C)C(=O)Nc2c(C)cccc2C(C)C)cc1. The molecule has 0 saturated carbocycles. The zero-order valence-electron chi connectivity index (χ0n) is 17.7. The van der Waals surface area contributed by atoms with Gasteiger partial charge in [0.15, 0.2) is 6.04 Å². The van der Waals surface area contributed by atoms with E-state index in [1.54, 1.807) is 7.05 Å². The lowest BCUT2D eigenvalue weighted by atomic mass is 9.98. The number of amides is 2. The summed E-state index contributed by atoms with van der Waals surface area (Å²) >= 11 is 0. The van der Waals surface area contributed by atoms with Crippen LogP contribution in [-0.4, -0.2) is 32.0 Å². The van der Waals surface area contributed by atoms with Crippen LogP contribution in [0.3, 0.4) is 0 Å². The second kappa shape index (κ2) is 9.51. The van der Waals surface area contributed by atoms with Crippen LogP contribution >= 0.6 is 0 Å². The Hall–Kier alpha value is -2.66. The van der Waals surface area contributed by atoms with E-state index in [2.05, 4.69) is 30.5 Å². The zero-order chi connectivity index (χ0) is 20.8. The van der Waals surface area contributed by atoms with Crippen molar-refractivity contribution in [3.8, 4) is 0 Å². The van der Waals surface area contributed by atoms with Gasteiger partial charge in [-0.15, -0.1) is 0 Å². The molecule has 0 aliphatic heterocycles. The van der Waals surface area contributed by atoms with Gasteiger partial charge in [-0.1, -0.05) is 44.2 Å². The van der Waals surface area contributed by atoms with Gasteiger partial charge in [0, 0.05) is 23.9 Å². The maximum atomic E-state index is 12.9. The molecule has 2 aromatic rings. The second-order valence-electron chi connectivity index (χ2n) is 7.70. The molecular formula is C23H32N3O2+. The second-order valence-corrected chi connectivity index (χ2v) is 7.70. The van der Waals surface area contributed by atoms with Crippen molar-refractivity contribution in [2.75, 3.05) is 19.4 Å². The summed E-state index contributed by atoms with van der Waals surface area (Å²) in [6.07, 6.45) is 0. The number of para-hydroxylation sites is 1. The summed E-state index contributed by atoms with van der Waals surface area (Å²) in [6, 6.07) is 13.4. The highest BCUT2D eigenvalue weighted by Crippen LogP contribution is 2.27. The molecule has 0 heterocycles. The Balaban J connectivity index is 2.06. The number of quaternary nitrogens is 1. The molecule has 0 radical (unpaired) electrons. The smallest absolute Gasteiger partial charge is 0.282 e. The quantitative estimate of drug-likeness (QED) is 0.689. The van der Waals surface area contributed by atoms with Crippen LogP contribution in [0.4, 0.5) is 5.69 Å². The van der Waals surface area contributed by atoms with Crippen LogP contribution in [-0.2, 0) is 11.3 Å². The molecule has 2 rings (SSSR count). The third-order valence-corrected chi connectivity index (χ3v) is 5.23. The standard InChI is InChI=1S/C23H31N3O2/c1-15(2)20-9-7-8-16(3)21(20)25-22(27)17(4)26(6)14-18-10-12-19(13-11-18)23(28)24-5/h7-13,15,17H,14H2,1-6H3,(H,24,28)(H,25,27)/p+1/t17-/m1/s1. The number of carbonyl (C=O) groups excluding carboxylic acids is 2. The topological polar surface area (TPSA) is 62.6 Å². The Bertz CT molecular complexity index is 828. The molecule has 0 bridgehead atoms. The summed E-state index contributed by atoms with van der Waals surface area (Å²) in [5.41, 5.74) is 4.88. The minimum Gasteiger partial charge on any atom is -0.355 e. The minimum absolute atomic E-state index is 0.00989. The number of nitrogens with one attached hydrogen (secondary N) is 3. The van der Waals surface area contributed by atoms with Crippen LogP contribution in [0.5, 0.6) is 0 Å². The van der Waals surface area contributed by atoms with Crippen LogP contribution in [0.25, 0.3) is 0 Å². The van der Waals surface area contributed by atoms with E-state index in [-0.39, 0.29) is 17.9 Å². The fourth-order valence-corrected chi connectivity index (χ4v) is 3.19. The number of hydrogen-bond acceptors (Lipinski definition) is 2. The van der Waals surface area contributed by atoms with Crippen molar-refractivity contribution in [1.29, 1.82) is 0 Å². The van der Waals surface area contributed by atoms with E-state index >= 15 is 0 Å². The number of benzene rings is 2. The molecule has 0 aliphatic carbocycles. The van der Waals surface area contributed by atoms with Crippen LogP contribution in [0, 0.1) is 6.92 Å². The van der Waals surface area contributed by atoms with Gasteiger partial charge in [-0.05, 0) is 43.0 Å². The van der Waals surface area contributed by atoms with Gasteiger partial charge in [-0.2, -0.15) is 0 Å². The molecule has 5 nitrogen and oxygen atoms in total. The Kier molecular flexibility index (Phi) is 7.35. The number of likely N-dealkylation sites (N-methyl/N-ethyl adjacent to an activating group) is 1. The van der Waals surface area contributed by atoms with Crippen LogP contribution in [0.2, 0.25) is 0 Å². The van der Waals surface area contributed by atoms with E-state index < -0.39 is 0 Å². The van der Waals surface area contributed by atoms with E-state index in [0.717, 1.165) is 27.3 Å². The molecule has 2 amide bonds. The van der Waals surface area contributed by atoms with Gasteiger partial charge < -0.3 is 15.5 Å². The monoisotopic (exact) mass is 382 g/mol. The number of hydrogen-bond donors (Lipinski definition) is 3. The predicted octanol–water partition coefficient (Wildman–Crippen LogP) is 2.52. The molecule has 0 fully saturated rings.